The summed E-state index contributed by atoms with van der Waals surface area (Å²) in [5.74, 6) is 1.66. The minimum atomic E-state index is 0.497. The van der Waals surface area contributed by atoms with Crippen LogP contribution in [0, 0.1) is 19.9 Å². The van der Waals surface area contributed by atoms with Crippen molar-refractivity contribution in [3.05, 3.63) is 107 Å². The van der Waals surface area contributed by atoms with Crippen molar-refractivity contribution in [3.63, 3.8) is 0 Å². The standard InChI is InChI=1S/C31H31O2/c1-5-9-27-20-28(25-16-12-22(2)13-17-25)31(32-4)29(26-18-14-23(3)15-19-26)30(27)33-21-24-10-7-6-8-11-24/h6-8,10-19H,5,9,21H2,1-4H3. The Bertz CT molecular complexity index is 1190. The van der Waals surface area contributed by atoms with Crippen LogP contribution in [0.3, 0.4) is 0 Å². The zero-order valence-corrected chi connectivity index (χ0v) is 19.9. The highest BCUT2D eigenvalue weighted by Crippen LogP contribution is 2.47. The van der Waals surface area contributed by atoms with Crippen LogP contribution in [0.15, 0.2) is 78.9 Å². The Balaban J connectivity index is 1.94. The molecule has 4 aromatic rings. The van der Waals surface area contributed by atoms with Crippen molar-refractivity contribution in [1.82, 2.24) is 0 Å². The second-order valence-corrected chi connectivity index (χ2v) is 8.47. The van der Waals surface area contributed by atoms with E-state index < -0.39 is 0 Å². The summed E-state index contributed by atoms with van der Waals surface area (Å²) in [7, 11) is 1.74. The molecule has 0 aliphatic rings. The molecule has 0 aliphatic heterocycles. The van der Waals surface area contributed by atoms with Crippen LogP contribution in [-0.4, -0.2) is 7.11 Å². The van der Waals surface area contributed by atoms with Crippen molar-refractivity contribution in [2.45, 2.75) is 40.2 Å². The summed E-state index contributed by atoms with van der Waals surface area (Å²) in [6, 6.07) is 31.1. The van der Waals surface area contributed by atoms with Gasteiger partial charge in [0, 0.05) is 17.2 Å². The molecule has 0 fully saturated rings. The molecule has 0 aliphatic carbocycles. The molecule has 167 valence electrons. The van der Waals surface area contributed by atoms with Crippen LogP contribution >= 0.6 is 0 Å². The van der Waals surface area contributed by atoms with Gasteiger partial charge in [-0.15, -0.1) is 0 Å². The number of ether oxygens (including phenoxy) is 2. The second-order valence-electron chi connectivity index (χ2n) is 8.47. The average Bonchev–Trinajstić information content (AvgIpc) is 2.84. The third-order valence-electron chi connectivity index (χ3n) is 5.84. The maximum absolute atomic E-state index is 6.53. The lowest BCUT2D eigenvalue weighted by molar-refractivity contribution is 0.302. The Morgan fingerprint density at radius 1 is 0.727 bits per heavy atom. The van der Waals surface area contributed by atoms with Crippen LogP contribution in [0.5, 0.6) is 11.5 Å². The minimum Gasteiger partial charge on any atom is -0.495 e. The summed E-state index contributed by atoms with van der Waals surface area (Å²) in [6.07, 6.45) is 1.89. The molecule has 0 saturated carbocycles. The lowest BCUT2D eigenvalue weighted by Gasteiger charge is -2.22. The molecular formula is C31H31O2. The summed E-state index contributed by atoms with van der Waals surface area (Å²) in [5.41, 5.74) is 8.82. The molecule has 0 spiro atoms. The highest BCUT2D eigenvalue weighted by molar-refractivity contribution is 5.87. The molecule has 4 rings (SSSR count). The maximum Gasteiger partial charge on any atom is 0.138 e. The van der Waals surface area contributed by atoms with Gasteiger partial charge in [0.05, 0.1) is 12.7 Å². The van der Waals surface area contributed by atoms with E-state index in [-0.39, 0.29) is 0 Å². The summed E-state index contributed by atoms with van der Waals surface area (Å²) in [6.45, 7) is 6.89. The predicted molar refractivity (Wildman–Crippen MR) is 137 cm³/mol. The fourth-order valence-electron chi connectivity index (χ4n) is 4.07. The van der Waals surface area contributed by atoms with Gasteiger partial charge >= 0.3 is 0 Å². The quantitative estimate of drug-likeness (QED) is 0.279. The van der Waals surface area contributed by atoms with Gasteiger partial charge in [0.15, 0.2) is 0 Å². The van der Waals surface area contributed by atoms with Crippen molar-refractivity contribution in [1.29, 1.82) is 0 Å². The lowest BCUT2D eigenvalue weighted by atomic mass is 9.91. The number of methoxy groups -OCH3 is 1. The van der Waals surface area contributed by atoms with Crippen molar-refractivity contribution < 1.29 is 9.47 Å². The van der Waals surface area contributed by atoms with E-state index in [4.69, 9.17) is 9.47 Å². The van der Waals surface area contributed by atoms with E-state index in [1.807, 2.05) is 18.2 Å². The van der Waals surface area contributed by atoms with E-state index in [0.29, 0.717) is 6.61 Å². The van der Waals surface area contributed by atoms with Gasteiger partial charge in [-0.05, 0) is 37.0 Å². The van der Waals surface area contributed by atoms with E-state index in [9.17, 15) is 0 Å². The molecule has 1 radical (unpaired) electrons. The van der Waals surface area contributed by atoms with Crippen LogP contribution in [0.4, 0.5) is 0 Å². The molecule has 0 atom stereocenters. The zero-order chi connectivity index (χ0) is 23.2. The van der Waals surface area contributed by atoms with E-state index >= 15 is 0 Å². The molecule has 4 aromatic carbocycles. The van der Waals surface area contributed by atoms with E-state index in [1.54, 1.807) is 7.11 Å². The fraction of sp³-hybridized carbons (Fsp3) is 0.226. The number of hydrogen-bond acceptors (Lipinski definition) is 2. The topological polar surface area (TPSA) is 18.5 Å². The van der Waals surface area contributed by atoms with Crippen LogP contribution in [-0.2, 0) is 13.0 Å². The Kier molecular flexibility index (Phi) is 7.14. The van der Waals surface area contributed by atoms with Crippen molar-refractivity contribution in [3.8, 4) is 33.8 Å². The van der Waals surface area contributed by atoms with E-state index in [0.717, 1.165) is 57.7 Å². The third kappa shape index (κ3) is 5.12. The molecule has 0 saturated heterocycles. The number of benzene rings is 4. The smallest absolute Gasteiger partial charge is 0.138 e. The first kappa shape index (κ1) is 22.7. The summed E-state index contributed by atoms with van der Waals surface area (Å²) < 4.78 is 12.6. The molecular weight excluding hydrogens is 404 g/mol. The molecule has 0 heterocycles. The van der Waals surface area contributed by atoms with E-state index in [1.165, 1.54) is 11.1 Å². The molecule has 0 amide bonds. The summed E-state index contributed by atoms with van der Waals surface area (Å²) >= 11 is 0. The lowest BCUT2D eigenvalue weighted by Crippen LogP contribution is -2.04. The van der Waals surface area contributed by atoms with Gasteiger partial charge in [0.2, 0.25) is 0 Å². The molecule has 0 N–H and O–H groups in total. The summed E-state index contributed by atoms with van der Waals surface area (Å²) in [4.78, 5) is 0. The Hall–Kier alpha value is -3.52. The Morgan fingerprint density at radius 2 is 1.33 bits per heavy atom. The molecule has 2 heteroatoms. The first-order chi connectivity index (χ1) is 16.1. The van der Waals surface area contributed by atoms with Crippen LogP contribution in [0.1, 0.15) is 35.6 Å². The Morgan fingerprint density at radius 3 is 1.91 bits per heavy atom. The number of hydrogen-bond donors (Lipinski definition) is 0. The minimum absolute atomic E-state index is 0.497. The summed E-state index contributed by atoms with van der Waals surface area (Å²) in [5, 5.41) is 0. The third-order valence-corrected chi connectivity index (χ3v) is 5.84. The first-order valence-electron chi connectivity index (χ1n) is 11.6. The van der Waals surface area contributed by atoms with Gasteiger partial charge in [0.1, 0.15) is 18.1 Å². The molecule has 0 bridgehead atoms. The van der Waals surface area contributed by atoms with Crippen LogP contribution in [0.25, 0.3) is 22.3 Å². The van der Waals surface area contributed by atoms with Crippen molar-refractivity contribution >= 4 is 0 Å². The molecule has 0 unspecified atom stereocenters. The normalized spacial score (nSPS) is 10.8. The van der Waals surface area contributed by atoms with Crippen LogP contribution in [0.2, 0.25) is 0 Å². The average molecular weight is 436 g/mol. The van der Waals surface area contributed by atoms with Gasteiger partial charge in [-0.3, -0.25) is 0 Å². The first-order valence-corrected chi connectivity index (χ1v) is 11.6. The molecule has 2 nitrogen and oxygen atoms in total. The zero-order valence-electron chi connectivity index (χ0n) is 19.9. The van der Waals surface area contributed by atoms with Gasteiger partial charge in [-0.2, -0.15) is 0 Å². The van der Waals surface area contributed by atoms with Crippen LogP contribution < -0.4 is 9.47 Å². The fourth-order valence-corrected chi connectivity index (χ4v) is 4.07. The highest BCUT2D eigenvalue weighted by atomic mass is 16.5. The molecule has 33 heavy (non-hydrogen) atoms. The maximum atomic E-state index is 6.53. The van der Waals surface area contributed by atoms with Gasteiger partial charge in [0.25, 0.3) is 0 Å². The molecule has 0 aromatic heterocycles. The largest absolute Gasteiger partial charge is 0.495 e. The number of rotatable bonds is 8. The SMILES string of the molecule is CCCc1[c]c(-c2ccc(C)cc2)c(OC)c(-c2ccc(C)cc2)c1OCc1ccccc1. The van der Waals surface area contributed by atoms with Gasteiger partial charge < -0.3 is 9.47 Å². The second kappa shape index (κ2) is 10.4. The van der Waals surface area contributed by atoms with E-state index in [2.05, 4.69) is 87.5 Å². The van der Waals surface area contributed by atoms with Gasteiger partial charge in [-0.25, -0.2) is 0 Å². The monoisotopic (exact) mass is 435 g/mol. The van der Waals surface area contributed by atoms with Crippen molar-refractivity contribution in [2.24, 2.45) is 0 Å². The highest BCUT2D eigenvalue weighted by Gasteiger charge is 2.23. The Labute approximate surface area is 197 Å². The number of aryl methyl sites for hydroxylation is 3. The van der Waals surface area contributed by atoms with Gasteiger partial charge in [-0.1, -0.05) is 103 Å². The predicted octanol–water partition coefficient (Wildman–Crippen LogP) is 7.98. The van der Waals surface area contributed by atoms with Crippen molar-refractivity contribution in [2.75, 3.05) is 7.11 Å².